The van der Waals surface area contributed by atoms with E-state index in [-0.39, 0.29) is 12.0 Å². The first kappa shape index (κ1) is 15.0. The second-order valence-electron chi connectivity index (χ2n) is 4.34. The van der Waals surface area contributed by atoms with Gasteiger partial charge in [-0.15, -0.1) is 0 Å². The van der Waals surface area contributed by atoms with Gasteiger partial charge >= 0.3 is 5.97 Å². The average molecular weight is 355 g/mol. The highest BCUT2D eigenvalue weighted by Crippen LogP contribution is 2.27. The van der Waals surface area contributed by atoms with Crippen LogP contribution in [0.2, 0.25) is 0 Å². The minimum Gasteiger partial charge on any atom is -0.465 e. The van der Waals surface area contributed by atoms with Gasteiger partial charge in [-0.2, -0.15) is 0 Å². The van der Waals surface area contributed by atoms with E-state index in [1.165, 1.54) is 18.4 Å². The predicted octanol–water partition coefficient (Wildman–Crippen LogP) is 4.17. The molecule has 4 nitrogen and oxygen atoms in total. The lowest BCUT2D eigenvalue weighted by Gasteiger charge is -2.13. The van der Waals surface area contributed by atoms with Crippen molar-refractivity contribution in [2.75, 3.05) is 12.4 Å². The Balaban J connectivity index is 2.13. The van der Waals surface area contributed by atoms with E-state index >= 15 is 0 Å². The number of thiazole rings is 1. The number of aromatic nitrogens is 1. The molecule has 1 aromatic carbocycles. The van der Waals surface area contributed by atoms with E-state index in [0.717, 1.165) is 15.2 Å². The molecule has 1 unspecified atom stereocenters. The predicted molar refractivity (Wildman–Crippen MR) is 84.4 cm³/mol. The van der Waals surface area contributed by atoms with Crippen LogP contribution in [0.1, 0.15) is 33.9 Å². The molecule has 0 aliphatic heterocycles. The molecule has 2 aromatic rings. The Hall–Kier alpha value is -1.40. The van der Waals surface area contributed by atoms with Crippen LogP contribution < -0.4 is 5.32 Å². The summed E-state index contributed by atoms with van der Waals surface area (Å²) in [7, 11) is 1.37. The number of carbonyl (C=O) groups excluding carboxylic acids is 1. The Morgan fingerprint density at radius 1 is 1.40 bits per heavy atom. The fraction of sp³-hybridized carbons (Fsp3) is 0.286. The van der Waals surface area contributed by atoms with Crippen molar-refractivity contribution in [1.82, 2.24) is 4.98 Å². The Morgan fingerprint density at radius 3 is 2.65 bits per heavy atom. The van der Waals surface area contributed by atoms with Crippen LogP contribution in [0, 0.1) is 6.92 Å². The summed E-state index contributed by atoms with van der Waals surface area (Å²) in [6, 6.07) is 8.20. The molecule has 0 radical (unpaired) electrons. The average Bonchev–Trinajstić information content (AvgIpc) is 2.79. The second kappa shape index (κ2) is 6.37. The van der Waals surface area contributed by atoms with Crippen LogP contribution in [0.25, 0.3) is 0 Å². The van der Waals surface area contributed by atoms with Crippen LogP contribution in [-0.2, 0) is 4.74 Å². The van der Waals surface area contributed by atoms with Gasteiger partial charge < -0.3 is 10.1 Å². The van der Waals surface area contributed by atoms with Crippen molar-refractivity contribution < 1.29 is 9.53 Å². The summed E-state index contributed by atoms with van der Waals surface area (Å²) in [4.78, 5) is 16.5. The number of anilines is 1. The fourth-order valence-corrected chi connectivity index (χ4v) is 3.00. The number of hydrogen-bond acceptors (Lipinski definition) is 5. The molecule has 1 atom stereocenters. The van der Waals surface area contributed by atoms with E-state index < -0.39 is 0 Å². The lowest BCUT2D eigenvalue weighted by Crippen LogP contribution is -2.06. The van der Waals surface area contributed by atoms with Crippen LogP contribution in [0.15, 0.2) is 28.7 Å². The molecule has 0 aliphatic rings. The van der Waals surface area contributed by atoms with Crippen molar-refractivity contribution >= 4 is 38.4 Å². The zero-order chi connectivity index (χ0) is 14.7. The Labute approximate surface area is 130 Å². The normalized spacial score (nSPS) is 12.0. The zero-order valence-electron chi connectivity index (χ0n) is 11.4. The molecule has 0 spiro atoms. The minimum absolute atomic E-state index is 0.110. The number of aryl methyl sites for hydroxylation is 1. The molecule has 0 saturated heterocycles. The third kappa shape index (κ3) is 3.37. The van der Waals surface area contributed by atoms with E-state index in [4.69, 9.17) is 4.74 Å². The number of ether oxygens (including phenoxy) is 1. The number of esters is 1. The number of nitrogens with one attached hydrogen (secondary N) is 1. The minimum atomic E-state index is -0.343. The van der Waals surface area contributed by atoms with Gasteiger partial charge in [-0.3, -0.25) is 0 Å². The molecule has 0 fully saturated rings. The summed E-state index contributed by atoms with van der Waals surface area (Å²) >= 11 is 4.73. The monoisotopic (exact) mass is 354 g/mol. The molecule has 0 bridgehead atoms. The van der Waals surface area contributed by atoms with Crippen LogP contribution in [0.4, 0.5) is 5.13 Å². The fourth-order valence-electron chi connectivity index (χ4n) is 1.76. The lowest BCUT2D eigenvalue weighted by molar-refractivity contribution is 0.0605. The molecule has 0 saturated carbocycles. The second-order valence-corrected chi connectivity index (χ2v) is 6.26. The van der Waals surface area contributed by atoms with Crippen LogP contribution in [-0.4, -0.2) is 18.1 Å². The van der Waals surface area contributed by atoms with Gasteiger partial charge in [0.1, 0.15) is 4.88 Å². The molecule has 20 heavy (non-hydrogen) atoms. The highest BCUT2D eigenvalue weighted by molar-refractivity contribution is 9.10. The first-order valence-electron chi connectivity index (χ1n) is 6.09. The summed E-state index contributed by atoms with van der Waals surface area (Å²) in [5.41, 5.74) is 1.84. The highest BCUT2D eigenvalue weighted by Gasteiger charge is 2.16. The van der Waals surface area contributed by atoms with Gasteiger partial charge in [0.2, 0.25) is 0 Å². The van der Waals surface area contributed by atoms with E-state index in [2.05, 4.69) is 33.2 Å². The van der Waals surface area contributed by atoms with Crippen molar-refractivity contribution in [3.05, 3.63) is 44.9 Å². The van der Waals surface area contributed by atoms with Gasteiger partial charge in [-0.05, 0) is 31.5 Å². The smallest absolute Gasteiger partial charge is 0.350 e. The quantitative estimate of drug-likeness (QED) is 0.837. The number of rotatable bonds is 4. The Bertz CT molecular complexity index is 610. The Morgan fingerprint density at radius 2 is 2.05 bits per heavy atom. The zero-order valence-corrected chi connectivity index (χ0v) is 13.8. The summed E-state index contributed by atoms with van der Waals surface area (Å²) in [5, 5.41) is 4.02. The van der Waals surface area contributed by atoms with Crippen molar-refractivity contribution in [3.8, 4) is 0 Å². The first-order chi connectivity index (χ1) is 9.51. The largest absolute Gasteiger partial charge is 0.465 e. The van der Waals surface area contributed by atoms with Gasteiger partial charge in [0.25, 0.3) is 0 Å². The van der Waals surface area contributed by atoms with Gasteiger partial charge in [-0.25, -0.2) is 9.78 Å². The summed E-state index contributed by atoms with van der Waals surface area (Å²) < 4.78 is 5.78. The maximum Gasteiger partial charge on any atom is 0.350 e. The van der Waals surface area contributed by atoms with E-state index in [1.807, 2.05) is 24.3 Å². The number of nitrogens with zero attached hydrogens (tertiary/aromatic N) is 1. The molecule has 6 heteroatoms. The number of halogens is 1. The molecular formula is C14H15BrN2O2S. The van der Waals surface area contributed by atoms with Crippen LogP contribution in [0.3, 0.4) is 0 Å². The molecule has 106 valence electrons. The lowest BCUT2D eigenvalue weighted by atomic mass is 10.1. The van der Waals surface area contributed by atoms with Crippen molar-refractivity contribution in [2.24, 2.45) is 0 Å². The van der Waals surface area contributed by atoms with E-state index in [0.29, 0.717) is 10.6 Å². The molecular weight excluding hydrogens is 340 g/mol. The van der Waals surface area contributed by atoms with Crippen molar-refractivity contribution in [3.63, 3.8) is 0 Å². The number of methoxy groups -OCH3 is 1. The first-order valence-corrected chi connectivity index (χ1v) is 7.70. The molecule has 2 rings (SSSR count). The van der Waals surface area contributed by atoms with Gasteiger partial charge in [0, 0.05) is 4.47 Å². The molecule has 0 aliphatic carbocycles. The van der Waals surface area contributed by atoms with Crippen LogP contribution >= 0.6 is 27.3 Å². The number of carbonyl (C=O) groups is 1. The third-order valence-electron chi connectivity index (χ3n) is 2.88. The maximum absolute atomic E-state index is 11.6. The van der Waals surface area contributed by atoms with Crippen molar-refractivity contribution in [2.45, 2.75) is 19.9 Å². The molecule has 0 amide bonds. The van der Waals surface area contributed by atoms with Gasteiger partial charge in [0.05, 0.1) is 18.8 Å². The Kier molecular flexibility index (Phi) is 4.77. The third-order valence-corrected chi connectivity index (χ3v) is 4.47. The number of benzene rings is 1. The molecule has 1 N–H and O–H groups in total. The molecule has 1 heterocycles. The summed E-state index contributed by atoms with van der Waals surface area (Å²) in [6.45, 7) is 3.86. The van der Waals surface area contributed by atoms with Gasteiger partial charge in [-0.1, -0.05) is 39.4 Å². The van der Waals surface area contributed by atoms with Gasteiger partial charge in [0.15, 0.2) is 5.13 Å². The van der Waals surface area contributed by atoms with E-state index in [9.17, 15) is 4.79 Å². The summed E-state index contributed by atoms with van der Waals surface area (Å²) in [6.07, 6.45) is 0. The van der Waals surface area contributed by atoms with Crippen molar-refractivity contribution in [1.29, 1.82) is 0 Å². The number of hydrogen-bond donors (Lipinski definition) is 1. The topological polar surface area (TPSA) is 51.2 Å². The standard InChI is InChI=1S/C14H15BrN2O2S/c1-8(10-4-6-11(15)7-5-10)16-14-17-9(2)12(20-14)13(18)19-3/h4-8H,1-3H3,(H,16,17). The maximum atomic E-state index is 11.6. The van der Waals surface area contributed by atoms with E-state index in [1.54, 1.807) is 6.92 Å². The molecule has 1 aromatic heterocycles. The summed E-state index contributed by atoms with van der Waals surface area (Å²) in [5.74, 6) is -0.343. The SMILES string of the molecule is COC(=O)c1sc(NC(C)c2ccc(Br)cc2)nc1C. The highest BCUT2D eigenvalue weighted by atomic mass is 79.9. The van der Waals surface area contributed by atoms with Crippen LogP contribution in [0.5, 0.6) is 0 Å².